The number of nitrogens with two attached hydrogens (primary N) is 1. The molecule has 0 fully saturated rings. The largest absolute Gasteiger partial charge is 0.480 e. The average Bonchev–Trinajstić information content (AvgIpc) is 1.98. The molecular formula is C9H15NO2. The third-order valence-corrected chi connectivity index (χ3v) is 1.76. The summed E-state index contributed by atoms with van der Waals surface area (Å²) in [5, 5.41) is 8.63. The van der Waals surface area contributed by atoms with Gasteiger partial charge in [-0.1, -0.05) is 6.42 Å². The number of terminal acetylenes is 1. The highest BCUT2D eigenvalue weighted by molar-refractivity contribution is 5.77. The van der Waals surface area contributed by atoms with Gasteiger partial charge in [-0.3, -0.25) is 4.79 Å². The van der Waals surface area contributed by atoms with Crippen molar-refractivity contribution in [3.63, 3.8) is 0 Å². The lowest BCUT2D eigenvalue weighted by Gasteiger charge is -2.18. The van der Waals surface area contributed by atoms with Crippen molar-refractivity contribution in [1.82, 2.24) is 0 Å². The van der Waals surface area contributed by atoms with Crippen LogP contribution in [0, 0.1) is 12.3 Å². The molecule has 0 rings (SSSR count). The summed E-state index contributed by atoms with van der Waals surface area (Å²) in [5.41, 5.74) is 4.39. The number of aliphatic carboxylic acids is 1. The summed E-state index contributed by atoms with van der Waals surface area (Å²) in [4.78, 5) is 10.5. The van der Waals surface area contributed by atoms with Crippen molar-refractivity contribution >= 4 is 5.97 Å². The van der Waals surface area contributed by atoms with E-state index < -0.39 is 11.5 Å². The van der Waals surface area contributed by atoms with Crippen molar-refractivity contribution in [2.24, 2.45) is 5.73 Å². The number of carboxylic acids is 1. The van der Waals surface area contributed by atoms with Gasteiger partial charge in [0.1, 0.15) is 5.54 Å². The normalized spacial score (nSPS) is 14.8. The van der Waals surface area contributed by atoms with Crippen LogP contribution >= 0.6 is 0 Å². The molecule has 0 spiro atoms. The van der Waals surface area contributed by atoms with Crippen LogP contribution in [0.25, 0.3) is 0 Å². The molecule has 3 heteroatoms. The molecule has 0 aliphatic carbocycles. The molecule has 0 radical (unpaired) electrons. The Morgan fingerprint density at radius 3 is 2.67 bits per heavy atom. The second kappa shape index (κ2) is 4.78. The lowest BCUT2D eigenvalue weighted by atomic mass is 9.96. The minimum atomic E-state index is -1.10. The van der Waals surface area contributed by atoms with Gasteiger partial charge in [-0.25, -0.2) is 0 Å². The lowest BCUT2D eigenvalue weighted by molar-refractivity contribution is -0.142. The number of rotatable bonds is 5. The van der Waals surface area contributed by atoms with Crippen molar-refractivity contribution in [3.8, 4) is 12.3 Å². The van der Waals surface area contributed by atoms with Crippen LogP contribution in [0.3, 0.4) is 0 Å². The Bertz CT molecular complexity index is 191. The van der Waals surface area contributed by atoms with Crippen LogP contribution in [0.15, 0.2) is 0 Å². The molecule has 0 aromatic carbocycles. The molecular weight excluding hydrogens is 154 g/mol. The van der Waals surface area contributed by atoms with Crippen LogP contribution in [0.2, 0.25) is 0 Å². The summed E-state index contributed by atoms with van der Waals surface area (Å²) < 4.78 is 0. The van der Waals surface area contributed by atoms with Crippen LogP contribution in [-0.4, -0.2) is 16.6 Å². The van der Waals surface area contributed by atoms with Crippen molar-refractivity contribution in [1.29, 1.82) is 0 Å². The Hall–Kier alpha value is -1.01. The van der Waals surface area contributed by atoms with Crippen molar-refractivity contribution < 1.29 is 9.90 Å². The van der Waals surface area contributed by atoms with Crippen molar-refractivity contribution in [2.75, 3.05) is 0 Å². The van der Waals surface area contributed by atoms with Crippen LogP contribution in [-0.2, 0) is 4.79 Å². The molecule has 0 saturated heterocycles. The highest BCUT2D eigenvalue weighted by Crippen LogP contribution is 2.11. The van der Waals surface area contributed by atoms with E-state index in [9.17, 15) is 4.79 Å². The van der Waals surface area contributed by atoms with E-state index in [4.69, 9.17) is 17.3 Å². The summed E-state index contributed by atoms with van der Waals surface area (Å²) in [5.74, 6) is 1.54. The highest BCUT2D eigenvalue weighted by atomic mass is 16.4. The first-order valence-corrected chi connectivity index (χ1v) is 3.96. The number of carboxylic acid groups (broad SMARTS) is 1. The Labute approximate surface area is 73.0 Å². The number of hydrogen-bond acceptors (Lipinski definition) is 2. The van der Waals surface area contributed by atoms with Gasteiger partial charge < -0.3 is 10.8 Å². The Kier molecular flexibility index (Phi) is 4.38. The summed E-state index contributed by atoms with van der Waals surface area (Å²) in [6.45, 7) is 1.52. The topological polar surface area (TPSA) is 63.3 Å². The Morgan fingerprint density at radius 2 is 2.25 bits per heavy atom. The second-order valence-electron chi connectivity index (χ2n) is 3.13. The first-order chi connectivity index (χ1) is 5.50. The molecule has 0 aliphatic heterocycles. The molecule has 3 N–H and O–H groups in total. The minimum Gasteiger partial charge on any atom is -0.480 e. The molecule has 0 aromatic rings. The van der Waals surface area contributed by atoms with E-state index in [0.29, 0.717) is 12.8 Å². The zero-order chi connectivity index (χ0) is 9.61. The van der Waals surface area contributed by atoms with Gasteiger partial charge in [-0.2, -0.15) is 0 Å². The quantitative estimate of drug-likeness (QED) is 0.476. The number of hydrogen-bond donors (Lipinski definition) is 2. The fraction of sp³-hybridized carbons (Fsp3) is 0.667. The Balaban J connectivity index is 3.63. The Morgan fingerprint density at radius 1 is 1.67 bits per heavy atom. The summed E-state index contributed by atoms with van der Waals surface area (Å²) in [6, 6.07) is 0. The highest BCUT2D eigenvalue weighted by Gasteiger charge is 2.26. The van der Waals surface area contributed by atoms with Gasteiger partial charge in [0, 0.05) is 6.42 Å². The molecule has 0 aliphatic rings. The molecule has 3 nitrogen and oxygen atoms in total. The fourth-order valence-corrected chi connectivity index (χ4v) is 0.826. The summed E-state index contributed by atoms with van der Waals surface area (Å²) >= 11 is 0. The maximum Gasteiger partial charge on any atom is 0.323 e. The average molecular weight is 169 g/mol. The maximum atomic E-state index is 10.5. The minimum absolute atomic E-state index is 0.476. The predicted octanol–water partition coefficient (Wildman–Crippen LogP) is 0.982. The molecule has 1 unspecified atom stereocenters. The van der Waals surface area contributed by atoms with Gasteiger partial charge in [0.05, 0.1) is 0 Å². The summed E-state index contributed by atoms with van der Waals surface area (Å²) in [7, 11) is 0. The van der Waals surface area contributed by atoms with Gasteiger partial charge in [-0.05, 0) is 19.8 Å². The standard InChI is InChI=1S/C9H15NO2/c1-3-4-5-6-7-9(2,10)8(11)12/h1H,4-7,10H2,2H3,(H,11,12). The van der Waals surface area contributed by atoms with Gasteiger partial charge in [-0.15, -0.1) is 12.3 Å². The van der Waals surface area contributed by atoms with E-state index in [1.807, 2.05) is 0 Å². The van der Waals surface area contributed by atoms with Gasteiger partial charge >= 0.3 is 5.97 Å². The van der Waals surface area contributed by atoms with E-state index in [1.54, 1.807) is 0 Å². The van der Waals surface area contributed by atoms with E-state index in [2.05, 4.69) is 5.92 Å². The van der Waals surface area contributed by atoms with E-state index >= 15 is 0 Å². The van der Waals surface area contributed by atoms with Crippen molar-refractivity contribution in [3.05, 3.63) is 0 Å². The molecule has 0 saturated carbocycles. The van der Waals surface area contributed by atoms with Gasteiger partial charge in [0.25, 0.3) is 0 Å². The maximum absolute atomic E-state index is 10.5. The fourth-order valence-electron chi connectivity index (χ4n) is 0.826. The first kappa shape index (κ1) is 11.0. The second-order valence-corrected chi connectivity index (χ2v) is 3.13. The molecule has 0 amide bonds. The van der Waals surface area contributed by atoms with E-state index in [0.717, 1.165) is 12.8 Å². The smallest absolute Gasteiger partial charge is 0.323 e. The third kappa shape index (κ3) is 3.99. The van der Waals surface area contributed by atoms with E-state index in [-0.39, 0.29) is 0 Å². The lowest BCUT2D eigenvalue weighted by Crippen LogP contribution is -2.44. The molecule has 1 atom stereocenters. The number of carbonyl (C=O) groups is 1. The third-order valence-electron chi connectivity index (χ3n) is 1.76. The van der Waals surface area contributed by atoms with Crippen LogP contribution in [0.5, 0.6) is 0 Å². The zero-order valence-electron chi connectivity index (χ0n) is 7.34. The monoisotopic (exact) mass is 169 g/mol. The first-order valence-electron chi connectivity index (χ1n) is 3.96. The van der Waals surface area contributed by atoms with Crippen LogP contribution in [0.4, 0.5) is 0 Å². The predicted molar refractivity (Wildman–Crippen MR) is 47.5 cm³/mol. The van der Waals surface area contributed by atoms with Gasteiger partial charge in [0.2, 0.25) is 0 Å². The molecule has 0 aromatic heterocycles. The molecule has 12 heavy (non-hydrogen) atoms. The summed E-state index contributed by atoms with van der Waals surface area (Å²) in [6.07, 6.45) is 7.82. The number of unbranched alkanes of at least 4 members (excludes halogenated alkanes) is 2. The molecule has 0 bridgehead atoms. The SMILES string of the molecule is C#CCCCCC(C)(N)C(=O)O. The van der Waals surface area contributed by atoms with Crippen molar-refractivity contribution in [2.45, 2.75) is 38.1 Å². The zero-order valence-corrected chi connectivity index (χ0v) is 7.34. The van der Waals surface area contributed by atoms with Gasteiger partial charge in [0.15, 0.2) is 0 Å². The molecule has 0 heterocycles. The van der Waals surface area contributed by atoms with Crippen LogP contribution in [0.1, 0.15) is 32.6 Å². The molecule has 68 valence electrons. The van der Waals surface area contributed by atoms with E-state index in [1.165, 1.54) is 6.92 Å². The van der Waals surface area contributed by atoms with Crippen LogP contribution < -0.4 is 5.73 Å².